The number of urea groups is 1. The molecule has 2 heterocycles. The van der Waals surface area contributed by atoms with Crippen LogP contribution in [-0.4, -0.2) is 30.2 Å². The average molecular weight is 558 g/mol. The minimum absolute atomic E-state index is 0.0506. The predicted molar refractivity (Wildman–Crippen MR) is 156 cm³/mol. The molecule has 0 saturated heterocycles. The van der Waals surface area contributed by atoms with Gasteiger partial charge in [-0.25, -0.2) is 33.4 Å². The summed E-state index contributed by atoms with van der Waals surface area (Å²) in [5.74, 6) is 0.457. The number of hydrogen-bond acceptors (Lipinski definition) is 4. The number of hydrogen-bond donors (Lipinski definition) is 3. The molecule has 0 fully saturated rings. The Hall–Kier alpha value is -4.83. The number of nitrogens with zero attached hydrogens (tertiary/aromatic N) is 4. The highest BCUT2D eigenvalue weighted by Gasteiger charge is 2.22. The van der Waals surface area contributed by atoms with Crippen molar-refractivity contribution in [2.75, 3.05) is 10.6 Å². The quantitative estimate of drug-likeness (QED) is 0.267. The third-order valence-electron chi connectivity index (χ3n) is 6.21. The third-order valence-corrected chi connectivity index (χ3v) is 6.46. The molecule has 0 unspecified atom stereocenters. The number of amides is 2. The van der Waals surface area contributed by atoms with Gasteiger partial charge in [0.15, 0.2) is 0 Å². The molecular weight excluding hydrogens is 530 g/mol. The van der Waals surface area contributed by atoms with Crippen LogP contribution in [0.4, 0.5) is 16.3 Å². The lowest BCUT2D eigenvalue weighted by molar-refractivity contribution is 0.262. The SMILES string of the molecule is CC(C)(C)c1cc(NC(=O)Nc2ccc(Cl)cc2)n(-c2cccc(Cn3c(=O)[nH]n(-c4ccccc4)c3=O)c2)n1. The summed E-state index contributed by atoms with van der Waals surface area (Å²) in [6.07, 6.45) is 0. The number of anilines is 2. The van der Waals surface area contributed by atoms with E-state index in [1.165, 1.54) is 4.68 Å². The normalized spacial score (nSPS) is 11.4. The minimum atomic E-state index is -0.519. The van der Waals surface area contributed by atoms with Crippen LogP contribution >= 0.6 is 11.6 Å². The highest BCUT2D eigenvalue weighted by Crippen LogP contribution is 2.27. The first-order valence-electron chi connectivity index (χ1n) is 12.6. The summed E-state index contributed by atoms with van der Waals surface area (Å²) >= 11 is 5.94. The van der Waals surface area contributed by atoms with Gasteiger partial charge in [-0.2, -0.15) is 5.10 Å². The molecule has 10 nitrogen and oxygen atoms in total. The van der Waals surface area contributed by atoms with E-state index in [1.807, 2.05) is 57.2 Å². The van der Waals surface area contributed by atoms with Gasteiger partial charge in [0.1, 0.15) is 5.82 Å². The predicted octanol–water partition coefficient (Wildman–Crippen LogP) is 5.16. The number of carbonyl (C=O) groups excluding carboxylic acids is 1. The van der Waals surface area contributed by atoms with E-state index in [4.69, 9.17) is 16.7 Å². The van der Waals surface area contributed by atoms with Gasteiger partial charge in [0.05, 0.1) is 23.6 Å². The maximum atomic E-state index is 13.0. The summed E-state index contributed by atoms with van der Waals surface area (Å²) < 4.78 is 3.98. The summed E-state index contributed by atoms with van der Waals surface area (Å²) in [6.45, 7) is 6.15. The second-order valence-corrected chi connectivity index (χ2v) is 10.7. The van der Waals surface area contributed by atoms with Crippen LogP contribution in [0, 0.1) is 0 Å². The van der Waals surface area contributed by atoms with Gasteiger partial charge in [-0.15, -0.1) is 0 Å². The molecule has 40 heavy (non-hydrogen) atoms. The van der Waals surface area contributed by atoms with Crippen molar-refractivity contribution >= 4 is 29.1 Å². The number of aromatic amines is 1. The molecule has 0 aliphatic rings. The standard InChI is InChI=1S/C29H28ClN7O3/c1-29(2,3)24-17-25(32-26(38)31-21-14-12-20(30)13-15-21)36(33-24)23-11-7-8-19(16-23)18-35-27(39)34-37(28(35)40)22-9-5-4-6-10-22/h4-17H,18H2,1-3H3,(H,34,39)(H2,31,32,38). The summed E-state index contributed by atoms with van der Waals surface area (Å²) in [5.41, 5.74) is 2.01. The smallest absolute Gasteiger partial charge is 0.308 e. The van der Waals surface area contributed by atoms with Crippen molar-refractivity contribution in [2.45, 2.75) is 32.7 Å². The average Bonchev–Trinajstić information content (AvgIpc) is 3.47. The Morgan fingerprint density at radius 1 is 0.900 bits per heavy atom. The van der Waals surface area contributed by atoms with Crippen molar-refractivity contribution in [3.63, 3.8) is 0 Å². The Bertz CT molecular complexity index is 1780. The van der Waals surface area contributed by atoms with Crippen molar-refractivity contribution in [1.82, 2.24) is 24.1 Å². The van der Waals surface area contributed by atoms with E-state index in [2.05, 4.69) is 15.7 Å². The number of carbonyl (C=O) groups is 1. The monoisotopic (exact) mass is 557 g/mol. The molecule has 5 rings (SSSR count). The molecule has 0 spiro atoms. The molecule has 3 aromatic carbocycles. The molecule has 0 aliphatic heterocycles. The first-order valence-corrected chi connectivity index (χ1v) is 13.0. The van der Waals surface area contributed by atoms with Crippen LogP contribution in [0.1, 0.15) is 32.0 Å². The number of benzene rings is 3. The number of H-pyrrole nitrogens is 1. The van der Waals surface area contributed by atoms with Crippen molar-refractivity contribution < 1.29 is 4.79 Å². The van der Waals surface area contributed by atoms with Gasteiger partial charge in [0, 0.05) is 22.2 Å². The summed E-state index contributed by atoms with van der Waals surface area (Å²) in [5, 5.41) is 13.6. The van der Waals surface area contributed by atoms with Crippen LogP contribution in [0.2, 0.25) is 5.02 Å². The molecular formula is C29H28ClN7O3. The maximum Gasteiger partial charge on any atom is 0.352 e. The number of nitrogens with one attached hydrogen (secondary N) is 3. The zero-order valence-corrected chi connectivity index (χ0v) is 22.9. The zero-order valence-electron chi connectivity index (χ0n) is 22.2. The fraction of sp³-hybridized carbons (Fsp3) is 0.172. The molecule has 11 heteroatoms. The lowest BCUT2D eigenvalue weighted by atomic mass is 9.92. The molecule has 2 amide bonds. The molecule has 204 valence electrons. The first kappa shape index (κ1) is 26.8. The van der Waals surface area contributed by atoms with E-state index in [9.17, 15) is 14.4 Å². The highest BCUT2D eigenvalue weighted by molar-refractivity contribution is 6.30. The van der Waals surface area contributed by atoms with Gasteiger partial charge >= 0.3 is 17.4 Å². The molecule has 0 atom stereocenters. The lowest BCUT2D eigenvalue weighted by Gasteiger charge is -2.14. The Morgan fingerprint density at radius 3 is 2.30 bits per heavy atom. The first-order chi connectivity index (χ1) is 19.1. The van der Waals surface area contributed by atoms with Crippen LogP contribution in [0.3, 0.4) is 0 Å². The van der Waals surface area contributed by atoms with Crippen molar-refractivity contribution in [3.05, 3.63) is 122 Å². The second-order valence-electron chi connectivity index (χ2n) is 10.3. The van der Waals surface area contributed by atoms with Crippen LogP contribution in [0.25, 0.3) is 11.4 Å². The Morgan fingerprint density at radius 2 is 1.60 bits per heavy atom. The number of rotatable bonds is 6. The number of para-hydroxylation sites is 1. The second kappa shape index (κ2) is 10.7. The van der Waals surface area contributed by atoms with Crippen molar-refractivity contribution in [3.8, 4) is 11.4 Å². The molecule has 5 aromatic rings. The zero-order chi connectivity index (χ0) is 28.4. The minimum Gasteiger partial charge on any atom is -0.308 e. The van der Waals surface area contributed by atoms with Gasteiger partial charge in [-0.05, 0) is 54.1 Å². The number of halogens is 1. The maximum absolute atomic E-state index is 13.0. The fourth-order valence-corrected chi connectivity index (χ4v) is 4.24. The topological polar surface area (TPSA) is 119 Å². The van der Waals surface area contributed by atoms with E-state index >= 15 is 0 Å². The molecule has 0 aliphatic carbocycles. The summed E-state index contributed by atoms with van der Waals surface area (Å²) in [6, 6.07) is 24.4. The lowest BCUT2D eigenvalue weighted by Crippen LogP contribution is -2.29. The van der Waals surface area contributed by atoms with Gasteiger partial charge < -0.3 is 5.32 Å². The van der Waals surface area contributed by atoms with Crippen molar-refractivity contribution in [1.29, 1.82) is 0 Å². The van der Waals surface area contributed by atoms with Gasteiger partial charge in [-0.3, -0.25) is 5.32 Å². The fourth-order valence-electron chi connectivity index (χ4n) is 4.12. The molecule has 0 bridgehead atoms. The van der Waals surface area contributed by atoms with Gasteiger partial charge in [0.2, 0.25) is 0 Å². The Kier molecular flexibility index (Phi) is 7.19. The highest BCUT2D eigenvalue weighted by atomic mass is 35.5. The molecule has 3 N–H and O–H groups in total. The van der Waals surface area contributed by atoms with Crippen LogP contribution in [0.15, 0.2) is 94.5 Å². The van der Waals surface area contributed by atoms with Gasteiger partial charge in [-0.1, -0.05) is 62.7 Å². The van der Waals surface area contributed by atoms with Crippen LogP contribution in [0.5, 0.6) is 0 Å². The molecule has 0 saturated carbocycles. The van der Waals surface area contributed by atoms with Gasteiger partial charge in [0.25, 0.3) is 0 Å². The van der Waals surface area contributed by atoms with E-state index in [-0.39, 0.29) is 12.0 Å². The Labute approximate surface area is 234 Å². The third kappa shape index (κ3) is 5.76. The van der Waals surface area contributed by atoms with E-state index in [0.29, 0.717) is 33.5 Å². The number of aromatic nitrogens is 5. The van der Waals surface area contributed by atoms with E-state index < -0.39 is 17.4 Å². The van der Waals surface area contributed by atoms with Crippen LogP contribution in [-0.2, 0) is 12.0 Å². The summed E-state index contributed by atoms with van der Waals surface area (Å²) in [7, 11) is 0. The van der Waals surface area contributed by atoms with E-state index in [0.717, 1.165) is 10.3 Å². The van der Waals surface area contributed by atoms with Crippen molar-refractivity contribution in [2.24, 2.45) is 0 Å². The largest absolute Gasteiger partial charge is 0.352 e. The van der Waals surface area contributed by atoms with E-state index in [1.54, 1.807) is 53.2 Å². The molecule has 2 aromatic heterocycles. The Balaban J connectivity index is 1.45. The summed E-state index contributed by atoms with van der Waals surface area (Å²) in [4.78, 5) is 38.5. The molecule has 0 radical (unpaired) electrons. The van der Waals surface area contributed by atoms with Crippen LogP contribution < -0.4 is 22.0 Å².